The first-order chi connectivity index (χ1) is 12.2. The summed E-state index contributed by atoms with van der Waals surface area (Å²) < 4.78 is 5.21. The van der Waals surface area contributed by atoms with E-state index in [1.165, 1.54) is 24.0 Å². The van der Waals surface area contributed by atoms with E-state index in [4.69, 9.17) is 4.74 Å². The first-order valence-electron chi connectivity index (χ1n) is 9.43. The van der Waals surface area contributed by atoms with Gasteiger partial charge in [0.05, 0.1) is 6.04 Å². The summed E-state index contributed by atoms with van der Waals surface area (Å²) in [5.74, 6) is -1.14. The van der Waals surface area contributed by atoms with E-state index in [9.17, 15) is 9.59 Å². The van der Waals surface area contributed by atoms with Crippen molar-refractivity contribution in [3.8, 4) is 0 Å². The zero-order chi connectivity index (χ0) is 18.1. The second-order valence-corrected chi connectivity index (χ2v) is 6.48. The van der Waals surface area contributed by atoms with Gasteiger partial charge in [0, 0.05) is 19.8 Å². The quantitative estimate of drug-likeness (QED) is 0.562. The molecule has 0 heterocycles. The van der Waals surface area contributed by atoms with Crippen molar-refractivity contribution in [2.24, 2.45) is 0 Å². The van der Waals surface area contributed by atoms with Gasteiger partial charge >= 0.3 is 11.8 Å². The molecule has 0 fully saturated rings. The minimum absolute atomic E-state index is 0.131. The van der Waals surface area contributed by atoms with Crippen LogP contribution in [0.5, 0.6) is 0 Å². The SMILES string of the molecule is CCOCCCNC(=O)C(=O)NC(CC)c1ccc2c(c1)CCCC2. The van der Waals surface area contributed by atoms with Gasteiger partial charge in [0.2, 0.25) is 0 Å². The van der Waals surface area contributed by atoms with Crippen LogP contribution in [-0.4, -0.2) is 31.6 Å². The number of hydrogen-bond donors (Lipinski definition) is 2. The predicted octanol–water partition coefficient (Wildman–Crippen LogP) is 2.68. The van der Waals surface area contributed by atoms with Crippen molar-refractivity contribution in [2.75, 3.05) is 19.8 Å². The molecular weight excluding hydrogens is 316 g/mol. The molecule has 0 radical (unpaired) electrons. The summed E-state index contributed by atoms with van der Waals surface area (Å²) in [4.78, 5) is 24.1. The third-order valence-corrected chi connectivity index (χ3v) is 4.65. The standard InChI is InChI=1S/C20H30N2O3/c1-3-18(17-11-10-15-8-5-6-9-16(15)14-17)22-20(24)19(23)21-12-7-13-25-4-2/h10-11,14,18H,3-9,12-13H2,1-2H3,(H,21,23)(H,22,24). The van der Waals surface area contributed by atoms with Crippen LogP contribution in [0.2, 0.25) is 0 Å². The van der Waals surface area contributed by atoms with Crippen molar-refractivity contribution in [1.29, 1.82) is 0 Å². The molecule has 1 aromatic carbocycles. The fraction of sp³-hybridized carbons (Fsp3) is 0.600. The number of nitrogens with one attached hydrogen (secondary N) is 2. The molecule has 0 spiro atoms. The summed E-state index contributed by atoms with van der Waals surface area (Å²) >= 11 is 0. The van der Waals surface area contributed by atoms with Crippen molar-refractivity contribution < 1.29 is 14.3 Å². The van der Waals surface area contributed by atoms with Crippen LogP contribution in [0, 0.1) is 0 Å². The molecule has 0 aliphatic heterocycles. The molecule has 1 aliphatic rings. The molecule has 1 unspecified atom stereocenters. The van der Waals surface area contributed by atoms with Crippen molar-refractivity contribution in [3.05, 3.63) is 34.9 Å². The summed E-state index contributed by atoms with van der Waals surface area (Å²) in [6.07, 6.45) is 6.18. The van der Waals surface area contributed by atoms with Gasteiger partial charge in [-0.05, 0) is 62.1 Å². The molecule has 1 aromatic rings. The lowest BCUT2D eigenvalue weighted by atomic mass is 9.89. The summed E-state index contributed by atoms with van der Waals surface area (Å²) in [5, 5.41) is 5.50. The molecule has 0 aromatic heterocycles. The highest BCUT2D eigenvalue weighted by atomic mass is 16.5. The molecule has 5 heteroatoms. The van der Waals surface area contributed by atoms with E-state index in [0.717, 1.165) is 24.8 Å². The predicted molar refractivity (Wildman–Crippen MR) is 98.4 cm³/mol. The third kappa shape index (κ3) is 5.85. The Morgan fingerprint density at radius 2 is 1.88 bits per heavy atom. The number of aryl methyl sites for hydroxylation is 2. The molecule has 0 saturated carbocycles. The molecule has 0 bridgehead atoms. The summed E-state index contributed by atoms with van der Waals surface area (Å²) in [5.41, 5.74) is 3.89. The summed E-state index contributed by atoms with van der Waals surface area (Å²) in [6, 6.07) is 6.32. The Bertz CT molecular complexity index is 586. The van der Waals surface area contributed by atoms with E-state index in [-0.39, 0.29) is 6.04 Å². The highest BCUT2D eigenvalue weighted by Gasteiger charge is 2.19. The fourth-order valence-electron chi connectivity index (χ4n) is 3.22. The molecule has 5 nitrogen and oxygen atoms in total. The lowest BCUT2D eigenvalue weighted by molar-refractivity contribution is -0.139. The number of rotatable bonds is 8. The highest BCUT2D eigenvalue weighted by molar-refractivity contribution is 6.35. The Hall–Kier alpha value is -1.88. The van der Waals surface area contributed by atoms with Gasteiger partial charge in [-0.15, -0.1) is 0 Å². The number of amides is 2. The topological polar surface area (TPSA) is 67.4 Å². The molecule has 1 atom stereocenters. The van der Waals surface area contributed by atoms with E-state index < -0.39 is 11.8 Å². The lowest BCUT2D eigenvalue weighted by Gasteiger charge is -2.21. The number of ether oxygens (including phenoxy) is 1. The van der Waals surface area contributed by atoms with Crippen LogP contribution >= 0.6 is 0 Å². The van der Waals surface area contributed by atoms with Crippen LogP contribution in [0.3, 0.4) is 0 Å². The molecule has 2 amide bonds. The Balaban J connectivity index is 1.88. The molecular formula is C20H30N2O3. The minimum atomic E-state index is -0.576. The number of hydrogen-bond acceptors (Lipinski definition) is 3. The molecule has 1 aliphatic carbocycles. The van der Waals surface area contributed by atoms with E-state index in [0.29, 0.717) is 26.2 Å². The fourth-order valence-corrected chi connectivity index (χ4v) is 3.22. The Morgan fingerprint density at radius 1 is 1.12 bits per heavy atom. The second kappa shape index (κ2) is 10.2. The van der Waals surface area contributed by atoms with Gasteiger partial charge in [0.25, 0.3) is 0 Å². The van der Waals surface area contributed by atoms with Gasteiger partial charge in [0.1, 0.15) is 0 Å². The lowest BCUT2D eigenvalue weighted by Crippen LogP contribution is -2.42. The van der Waals surface area contributed by atoms with E-state index in [1.807, 2.05) is 13.8 Å². The van der Waals surface area contributed by atoms with Crippen molar-refractivity contribution in [2.45, 2.75) is 58.4 Å². The van der Waals surface area contributed by atoms with Gasteiger partial charge in [-0.3, -0.25) is 9.59 Å². The third-order valence-electron chi connectivity index (χ3n) is 4.65. The molecule has 0 saturated heterocycles. The molecule has 138 valence electrons. The average Bonchev–Trinajstić information content (AvgIpc) is 2.65. The van der Waals surface area contributed by atoms with Crippen molar-refractivity contribution >= 4 is 11.8 Å². The van der Waals surface area contributed by atoms with E-state index in [2.05, 4.69) is 28.8 Å². The van der Waals surface area contributed by atoms with Gasteiger partial charge in [-0.2, -0.15) is 0 Å². The van der Waals surface area contributed by atoms with Crippen LogP contribution in [0.4, 0.5) is 0 Å². The smallest absolute Gasteiger partial charge is 0.309 e. The largest absolute Gasteiger partial charge is 0.382 e. The first kappa shape index (κ1) is 19.4. The zero-order valence-corrected chi connectivity index (χ0v) is 15.4. The van der Waals surface area contributed by atoms with Crippen LogP contribution < -0.4 is 10.6 Å². The number of carbonyl (C=O) groups excluding carboxylic acids is 2. The summed E-state index contributed by atoms with van der Waals surface area (Å²) in [6.45, 7) is 5.64. The van der Waals surface area contributed by atoms with Gasteiger partial charge in [0.15, 0.2) is 0 Å². The van der Waals surface area contributed by atoms with E-state index in [1.54, 1.807) is 0 Å². The van der Waals surface area contributed by atoms with Gasteiger partial charge in [-0.25, -0.2) is 0 Å². The Labute approximate surface area is 150 Å². The monoisotopic (exact) mass is 346 g/mol. The van der Waals surface area contributed by atoms with Crippen molar-refractivity contribution in [1.82, 2.24) is 10.6 Å². The van der Waals surface area contributed by atoms with Crippen LogP contribution in [0.25, 0.3) is 0 Å². The Kier molecular flexibility index (Phi) is 7.92. The normalized spacial score (nSPS) is 14.5. The molecule has 2 N–H and O–H groups in total. The maximum atomic E-state index is 12.1. The molecule has 2 rings (SSSR count). The van der Waals surface area contributed by atoms with Crippen LogP contribution in [-0.2, 0) is 27.2 Å². The van der Waals surface area contributed by atoms with E-state index >= 15 is 0 Å². The van der Waals surface area contributed by atoms with Crippen LogP contribution in [0.15, 0.2) is 18.2 Å². The maximum absolute atomic E-state index is 12.1. The molecule has 25 heavy (non-hydrogen) atoms. The maximum Gasteiger partial charge on any atom is 0.309 e. The summed E-state index contributed by atoms with van der Waals surface area (Å²) in [7, 11) is 0. The second-order valence-electron chi connectivity index (χ2n) is 6.48. The van der Waals surface area contributed by atoms with Gasteiger partial charge < -0.3 is 15.4 Å². The first-order valence-corrected chi connectivity index (χ1v) is 9.43. The van der Waals surface area contributed by atoms with Crippen molar-refractivity contribution in [3.63, 3.8) is 0 Å². The van der Waals surface area contributed by atoms with Crippen LogP contribution in [0.1, 0.15) is 62.3 Å². The Morgan fingerprint density at radius 3 is 2.60 bits per heavy atom. The average molecular weight is 346 g/mol. The highest BCUT2D eigenvalue weighted by Crippen LogP contribution is 2.26. The number of benzene rings is 1. The number of fused-ring (bicyclic) bond motifs is 1. The minimum Gasteiger partial charge on any atom is -0.382 e. The van der Waals surface area contributed by atoms with Gasteiger partial charge in [-0.1, -0.05) is 25.1 Å². The zero-order valence-electron chi connectivity index (χ0n) is 15.4. The number of carbonyl (C=O) groups is 2.